The molecule has 22 heavy (non-hydrogen) atoms. The third-order valence-electron chi connectivity index (χ3n) is 4.35. The number of hydrogen-bond donors (Lipinski definition) is 1. The fraction of sp³-hybridized carbons (Fsp3) is 0.533. The van der Waals surface area contributed by atoms with Gasteiger partial charge in [0.15, 0.2) is 6.61 Å². The smallest absolute Gasteiger partial charge is 0.262 e. The summed E-state index contributed by atoms with van der Waals surface area (Å²) in [5.41, 5.74) is 0.411. The van der Waals surface area contributed by atoms with Crippen LogP contribution in [0.25, 0.3) is 0 Å². The Kier molecular flexibility index (Phi) is 4.10. The van der Waals surface area contributed by atoms with Gasteiger partial charge in [-0.1, -0.05) is 19.3 Å². The van der Waals surface area contributed by atoms with Crippen LogP contribution >= 0.6 is 0 Å². The lowest BCUT2D eigenvalue weighted by Crippen LogP contribution is -2.38. The third-order valence-corrected chi connectivity index (χ3v) is 6.26. The summed E-state index contributed by atoms with van der Waals surface area (Å²) < 4.78 is 32.3. The fourth-order valence-corrected chi connectivity index (χ4v) is 4.47. The van der Waals surface area contributed by atoms with Crippen LogP contribution in [-0.2, 0) is 14.8 Å². The molecule has 0 unspecified atom stereocenters. The van der Waals surface area contributed by atoms with Crippen molar-refractivity contribution in [2.24, 2.45) is 0 Å². The van der Waals surface area contributed by atoms with E-state index in [1.807, 2.05) is 0 Å². The minimum Gasteiger partial charge on any atom is -0.482 e. The molecule has 1 N–H and O–H groups in total. The Balaban J connectivity index is 1.88. The van der Waals surface area contributed by atoms with Crippen LogP contribution in [0.3, 0.4) is 0 Å². The largest absolute Gasteiger partial charge is 0.482 e. The average Bonchev–Trinajstić information content (AvgIpc) is 2.54. The molecule has 1 fully saturated rings. The van der Waals surface area contributed by atoms with Gasteiger partial charge in [-0.05, 0) is 31.0 Å². The zero-order valence-electron chi connectivity index (χ0n) is 12.5. The van der Waals surface area contributed by atoms with Crippen LogP contribution in [0.4, 0.5) is 5.69 Å². The Morgan fingerprint density at radius 2 is 1.95 bits per heavy atom. The first kappa shape index (κ1) is 15.3. The Morgan fingerprint density at radius 3 is 2.68 bits per heavy atom. The molecule has 0 saturated heterocycles. The summed E-state index contributed by atoms with van der Waals surface area (Å²) in [5.74, 6) is 0.224. The van der Waals surface area contributed by atoms with Crippen molar-refractivity contribution >= 4 is 21.6 Å². The second kappa shape index (κ2) is 5.89. The van der Waals surface area contributed by atoms with Gasteiger partial charge in [-0.3, -0.25) is 4.79 Å². The normalized spacial score (nSPS) is 19.5. The van der Waals surface area contributed by atoms with Crippen LogP contribution in [-0.4, -0.2) is 38.3 Å². The molecule has 0 spiro atoms. The maximum atomic E-state index is 12.8. The first-order valence-electron chi connectivity index (χ1n) is 7.53. The van der Waals surface area contributed by atoms with Crippen molar-refractivity contribution in [3.05, 3.63) is 18.2 Å². The number of carbonyl (C=O) groups excluding carboxylic acids is 1. The van der Waals surface area contributed by atoms with E-state index in [-0.39, 0.29) is 23.5 Å². The van der Waals surface area contributed by atoms with Gasteiger partial charge in [-0.2, -0.15) is 4.31 Å². The first-order chi connectivity index (χ1) is 10.5. The van der Waals surface area contributed by atoms with Crippen molar-refractivity contribution in [3.63, 3.8) is 0 Å². The Labute approximate surface area is 130 Å². The number of amides is 1. The standard InChI is InChI=1S/C15H20N2O4S/c1-17(11-5-3-2-4-6-11)22(19,20)12-7-8-14-13(9-12)16-15(18)10-21-14/h7-9,11H,2-6,10H2,1H3,(H,16,18). The summed E-state index contributed by atoms with van der Waals surface area (Å²) in [7, 11) is -1.92. The molecule has 1 saturated carbocycles. The SMILES string of the molecule is CN(C1CCCCC1)S(=O)(=O)c1ccc2c(c1)NC(=O)CO2. The molecule has 6 nitrogen and oxygen atoms in total. The first-order valence-corrected chi connectivity index (χ1v) is 8.97. The molecule has 1 amide bonds. The van der Waals surface area contributed by atoms with E-state index in [1.54, 1.807) is 13.1 Å². The van der Waals surface area contributed by atoms with Gasteiger partial charge in [0.05, 0.1) is 10.6 Å². The summed E-state index contributed by atoms with van der Waals surface area (Å²) in [4.78, 5) is 11.6. The molecule has 7 heteroatoms. The lowest BCUT2D eigenvalue weighted by atomic mass is 9.96. The molecule has 1 heterocycles. The van der Waals surface area contributed by atoms with E-state index in [2.05, 4.69) is 5.32 Å². The van der Waals surface area contributed by atoms with E-state index in [4.69, 9.17) is 4.74 Å². The van der Waals surface area contributed by atoms with Gasteiger partial charge in [0.25, 0.3) is 5.91 Å². The molecule has 0 aromatic heterocycles. The number of sulfonamides is 1. The number of carbonyl (C=O) groups is 1. The zero-order chi connectivity index (χ0) is 15.7. The van der Waals surface area contributed by atoms with E-state index in [0.29, 0.717) is 11.4 Å². The molecule has 120 valence electrons. The lowest BCUT2D eigenvalue weighted by Gasteiger charge is -2.30. The van der Waals surface area contributed by atoms with Gasteiger partial charge >= 0.3 is 0 Å². The van der Waals surface area contributed by atoms with Crippen LogP contribution in [0.2, 0.25) is 0 Å². The van der Waals surface area contributed by atoms with Crippen molar-refractivity contribution < 1.29 is 17.9 Å². The highest BCUT2D eigenvalue weighted by molar-refractivity contribution is 7.89. The Morgan fingerprint density at radius 1 is 1.23 bits per heavy atom. The zero-order valence-corrected chi connectivity index (χ0v) is 13.4. The van der Waals surface area contributed by atoms with Crippen molar-refractivity contribution in [2.45, 2.75) is 43.0 Å². The maximum absolute atomic E-state index is 12.8. The quantitative estimate of drug-likeness (QED) is 0.922. The van der Waals surface area contributed by atoms with E-state index in [1.165, 1.54) is 22.9 Å². The van der Waals surface area contributed by atoms with E-state index in [9.17, 15) is 13.2 Å². The number of ether oxygens (including phenoxy) is 1. The summed E-state index contributed by atoms with van der Waals surface area (Å²) in [6.45, 7) is -0.0406. The minimum atomic E-state index is -3.56. The minimum absolute atomic E-state index is 0.0406. The lowest BCUT2D eigenvalue weighted by molar-refractivity contribution is -0.118. The molecule has 1 aromatic rings. The van der Waals surface area contributed by atoms with Crippen LogP contribution < -0.4 is 10.1 Å². The van der Waals surface area contributed by atoms with Crippen LogP contribution in [0.15, 0.2) is 23.1 Å². The maximum Gasteiger partial charge on any atom is 0.262 e. The molecule has 0 bridgehead atoms. The highest BCUT2D eigenvalue weighted by Gasteiger charge is 2.30. The molecular formula is C15H20N2O4S. The highest BCUT2D eigenvalue weighted by atomic mass is 32.2. The third kappa shape index (κ3) is 2.83. The predicted molar refractivity (Wildman–Crippen MR) is 82.4 cm³/mol. The topological polar surface area (TPSA) is 75.7 Å². The van der Waals surface area contributed by atoms with Crippen molar-refractivity contribution in [3.8, 4) is 5.75 Å². The van der Waals surface area contributed by atoms with Crippen molar-refractivity contribution in [2.75, 3.05) is 19.0 Å². The summed E-state index contributed by atoms with van der Waals surface area (Å²) in [6, 6.07) is 4.66. The van der Waals surface area contributed by atoms with Gasteiger partial charge in [-0.25, -0.2) is 8.42 Å². The Hall–Kier alpha value is -1.60. The van der Waals surface area contributed by atoms with Crippen LogP contribution in [0.5, 0.6) is 5.75 Å². The van der Waals surface area contributed by atoms with E-state index >= 15 is 0 Å². The molecule has 0 atom stereocenters. The van der Waals surface area contributed by atoms with Crippen molar-refractivity contribution in [1.29, 1.82) is 0 Å². The summed E-state index contributed by atoms with van der Waals surface area (Å²) in [6.07, 6.45) is 5.12. The van der Waals surface area contributed by atoms with Gasteiger partial charge < -0.3 is 10.1 Å². The molecule has 0 radical (unpaired) electrons. The second-order valence-corrected chi connectivity index (χ2v) is 7.81. The van der Waals surface area contributed by atoms with Crippen LogP contribution in [0, 0.1) is 0 Å². The number of fused-ring (bicyclic) bond motifs is 1. The molecule has 1 aromatic carbocycles. The molecule has 2 aliphatic rings. The number of rotatable bonds is 3. The molecular weight excluding hydrogens is 304 g/mol. The number of anilines is 1. The van der Waals surface area contributed by atoms with Crippen LogP contribution in [0.1, 0.15) is 32.1 Å². The number of nitrogens with zero attached hydrogens (tertiary/aromatic N) is 1. The monoisotopic (exact) mass is 324 g/mol. The van der Waals surface area contributed by atoms with Gasteiger partial charge in [0, 0.05) is 13.1 Å². The van der Waals surface area contributed by atoms with Gasteiger partial charge in [-0.15, -0.1) is 0 Å². The van der Waals surface area contributed by atoms with E-state index < -0.39 is 10.0 Å². The molecule has 1 aliphatic carbocycles. The van der Waals surface area contributed by atoms with Crippen molar-refractivity contribution in [1.82, 2.24) is 4.31 Å². The fourth-order valence-electron chi connectivity index (χ4n) is 3.03. The number of benzene rings is 1. The second-order valence-electron chi connectivity index (χ2n) is 5.81. The predicted octanol–water partition coefficient (Wildman–Crippen LogP) is 1.97. The van der Waals surface area contributed by atoms with Gasteiger partial charge in [0.2, 0.25) is 10.0 Å². The highest BCUT2D eigenvalue weighted by Crippen LogP contribution is 2.32. The summed E-state index contributed by atoms with van der Waals surface area (Å²) >= 11 is 0. The van der Waals surface area contributed by atoms with Gasteiger partial charge in [0.1, 0.15) is 5.75 Å². The van der Waals surface area contributed by atoms with E-state index in [0.717, 1.165) is 25.7 Å². The molecule has 1 aliphatic heterocycles. The Bertz CT molecular complexity index is 681. The average molecular weight is 324 g/mol. The molecule has 3 rings (SSSR count). The number of hydrogen-bond acceptors (Lipinski definition) is 4. The summed E-state index contributed by atoms with van der Waals surface area (Å²) in [5, 5.41) is 2.64. The number of nitrogens with one attached hydrogen (secondary N) is 1.